The largest absolute Gasteiger partial charge is 0.378 e. The summed E-state index contributed by atoms with van der Waals surface area (Å²) in [6.45, 7) is 3.25. The molecule has 24 heavy (non-hydrogen) atoms. The Bertz CT molecular complexity index is 633. The third kappa shape index (κ3) is 5.02. The highest BCUT2D eigenvalue weighted by Gasteiger charge is 2.25. The van der Waals surface area contributed by atoms with Gasteiger partial charge in [0.15, 0.2) is 0 Å². The molecule has 5 nitrogen and oxygen atoms in total. The molecule has 1 aromatic rings. The summed E-state index contributed by atoms with van der Waals surface area (Å²) in [5, 5.41) is 2.87. The Labute approximate surface area is 144 Å². The van der Waals surface area contributed by atoms with E-state index in [1.807, 2.05) is 43.3 Å². The summed E-state index contributed by atoms with van der Waals surface area (Å²) < 4.78 is 0. The van der Waals surface area contributed by atoms with Gasteiger partial charge < -0.3 is 15.1 Å². The number of hydrogen-bond acceptors (Lipinski definition) is 3. The second-order valence-corrected chi connectivity index (χ2v) is 6.24. The molecular weight excluding hydrogens is 302 g/mol. The van der Waals surface area contributed by atoms with Crippen molar-refractivity contribution < 1.29 is 9.59 Å². The van der Waals surface area contributed by atoms with Crippen LogP contribution in [0.5, 0.6) is 0 Å². The maximum Gasteiger partial charge on any atom is 0.223 e. The first-order valence-corrected chi connectivity index (χ1v) is 8.27. The smallest absolute Gasteiger partial charge is 0.223 e. The minimum Gasteiger partial charge on any atom is -0.378 e. The van der Waals surface area contributed by atoms with Crippen molar-refractivity contribution in [2.24, 2.45) is 5.92 Å². The average molecular weight is 327 g/mol. The zero-order valence-electron chi connectivity index (χ0n) is 14.6. The van der Waals surface area contributed by atoms with Crippen molar-refractivity contribution in [3.63, 3.8) is 0 Å². The number of carbonyl (C=O) groups is 2. The number of piperidine rings is 1. The minimum atomic E-state index is -0.0122. The molecule has 1 aliphatic rings. The molecule has 128 valence electrons. The number of rotatable bonds is 3. The fourth-order valence-corrected chi connectivity index (χ4v) is 2.72. The van der Waals surface area contributed by atoms with Gasteiger partial charge in [0.1, 0.15) is 0 Å². The van der Waals surface area contributed by atoms with E-state index >= 15 is 0 Å². The van der Waals surface area contributed by atoms with Crippen molar-refractivity contribution in [3.8, 4) is 11.8 Å². The van der Waals surface area contributed by atoms with E-state index in [1.165, 1.54) is 0 Å². The van der Waals surface area contributed by atoms with Crippen molar-refractivity contribution in [1.82, 2.24) is 10.2 Å². The van der Waals surface area contributed by atoms with Gasteiger partial charge in [0.25, 0.3) is 0 Å². The number of likely N-dealkylation sites (tertiary alicyclic amines) is 1. The number of amides is 2. The SMILES string of the molecule is CC(=O)N1CCC(C(=O)NCC#Cc2ccc(N(C)C)cc2)CC1. The molecule has 1 fully saturated rings. The lowest BCUT2D eigenvalue weighted by atomic mass is 9.96. The van der Waals surface area contributed by atoms with Crippen LogP contribution in [-0.4, -0.2) is 50.4 Å². The van der Waals surface area contributed by atoms with E-state index in [-0.39, 0.29) is 17.7 Å². The normalized spacial score (nSPS) is 14.5. The van der Waals surface area contributed by atoms with Crippen LogP contribution in [-0.2, 0) is 9.59 Å². The molecule has 2 amide bonds. The average Bonchev–Trinajstić information content (AvgIpc) is 2.59. The van der Waals surface area contributed by atoms with Crippen LogP contribution in [0.25, 0.3) is 0 Å². The van der Waals surface area contributed by atoms with E-state index < -0.39 is 0 Å². The van der Waals surface area contributed by atoms with E-state index in [1.54, 1.807) is 11.8 Å². The van der Waals surface area contributed by atoms with Gasteiger partial charge in [-0.25, -0.2) is 0 Å². The Balaban J connectivity index is 1.76. The summed E-state index contributed by atoms with van der Waals surface area (Å²) in [5.41, 5.74) is 2.07. The fourth-order valence-electron chi connectivity index (χ4n) is 2.72. The maximum atomic E-state index is 12.1. The van der Waals surface area contributed by atoms with E-state index in [4.69, 9.17) is 0 Å². The van der Waals surface area contributed by atoms with Crippen LogP contribution in [0.4, 0.5) is 5.69 Å². The van der Waals surface area contributed by atoms with Crippen LogP contribution in [0, 0.1) is 17.8 Å². The number of anilines is 1. The van der Waals surface area contributed by atoms with Crippen LogP contribution in [0.1, 0.15) is 25.3 Å². The molecule has 0 aliphatic carbocycles. The molecule has 2 rings (SSSR count). The van der Waals surface area contributed by atoms with Gasteiger partial charge in [-0.05, 0) is 37.1 Å². The topological polar surface area (TPSA) is 52.7 Å². The van der Waals surface area contributed by atoms with E-state index in [9.17, 15) is 9.59 Å². The van der Waals surface area contributed by atoms with Gasteiger partial charge in [-0.15, -0.1) is 0 Å². The Kier molecular flexibility index (Phi) is 6.25. The Morgan fingerprint density at radius 1 is 1.21 bits per heavy atom. The first kappa shape index (κ1) is 17.9. The van der Waals surface area contributed by atoms with Crippen LogP contribution < -0.4 is 10.2 Å². The summed E-state index contributed by atoms with van der Waals surface area (Å²) >= 11 is 0. The molecule has 1 N–H and O–H groups in total. The molecule has 1 heterocycles. The second kappa shape index (κ2) is 8.39. The molecule has 0 unspecified atom stereocenters. The van der Waals surface area contributed by atoms with E-state index in [0.29, 0.717) is 19.6 Å². The Hall–Kier alpha value is -2.48. The molecule has 1 aliphatic heterocycles. The third-order valence-electron chi connectivity index (χ3n) is 4.28. The quantitative estimate of drug-likeness (QED) is 0.856. The summed E-state index contributed by atoms with van der Waals surface area (Å²) in [6, 6.07) is 7.99. The predicted molar refractivity (Wildman–Crippen MR) is 95.6 cm³/mol. The standard InChI is InChI=1S/C19H25N3O2/c1-15(23)22-13-10-17(11-14-22)19(24)20-12-4-5-16-6-8-18(9-7-16)21(2)3/h6-9,17H,10-14H2,1-3H3,(H,20,24). The molecule has 0 aromatic heterocycles. The third-order valence-corrected chi connectivity index (χ3v) is 4.28. The van der Waals surface area contributed by atoms with Crippen LogP contribution in [0.3, 0.4) is 0 Å². The number of hydrogen-bond donors (Lipinski definition) is 1. The maximum absolute atomic E-state index is 12.1. The molecule has 0 spiro atoms. The first-order chi connectivity index (χ1) is 11.5. The second-order valence-electron chi connectivity index (χ2n) is 6.24. The fraction of sp³-hybridized carbons (Fsp3) is 0.474. The number of benzene rings is 1. The molecule has 0 atom stereocenters. The van der Waals surface area contributed by atoms with Gasteiger partial charge in [-0.1, -0.05) is 11.8 Å². The number of nitrogens with zero attached hydrogens (tertiary/aromatic N) is 2. The van der Waals surface area contributed by atoms with Crippen LogP contribution in [0.2, 0.25) is 0 Å². The number of carbonyl (C=O) groups excluding carboxylic acids is 2. The minimum absolute atomic E-state index is 0.0122. The summed E-state index contributed by atoms with van der Waals surface area (Å²) in [5.74, 6) is 6.15. The lowest BCUT2D eigenvalue weighted by molar-refractivity contribution is -0.133. The zero-order chi connectivity index (χ0) is 17.5. The van der Waals surface area contributed by atoms with Gasteiger partial charge in [-0.3, -0.25) is 9.59 Å². The molecule has 0 radical (unpaired) electrons. The van der Waals surface area contributed by atoms with Gasteiger partial charge in [-0.2, -0.15) is 0 Å². The zero-order valence-corrected chi connectivity index (χ0v) is 14.6. The highest BCUT2D eigenvalue weighted by atomic mass is 16.2. The molecule has 0 bridgehead atoms. The van der Waals surface area contributed by atoms with E-state index in [0.717, 1.165) is 24.1 Å². The van der Waals surface area contributed by atoms with Crippen molar-refractivity contribution in [2.75, 3.05) is 38.6 Å². The van der Waals surface area contributed by atoms with Gasteiger partial charge in [0, 0.05) is 51.3 Å². The summed E-state index contributed by atoms with van der Waals surface area (Å²) in [6.07, 6.45) is 1.45. The molecule has 0 saturated carbocycles. The van der Waals surface area contributed by atoms with Gasteiger partial charge >= 0.3 is 0 Å². The lowest BCUT2D eigenvalue weighted by Crippen LogP contribution is -2.42. The monoisotopic (exact) mass is 327 g/mol. The summed E-state index contributed by atoms with van der Waals surface area (Å²) in [4.78, 5) is 27.2. The highest BCUT2D eigenvalue weighted by Crippen LogP contribution is 2.17. The van der Waals surface area contributed by atoms with Crippen molar-refractivity contribution in [2.45, 2.75) is 19.8 Å². The Morgan fingerprint density at radius 2 is 1.83 bits per heavy atom. The summed E-state index contributed by atoms with van der Waals surface area (Å²) in [7, 11) is 3.99. The predicted octanol–water partition coefficient (Wildman–Crippen LogP) is 1.48. The van der Waals surface area contributed by atoms with Crippen molar-refractivity contribution in [1.29, 1.82) is 0 Å². The van der Waals surface area contributed by atoms with Crippen LogP contribution >= 0.6 is 0 Å². The van der Waals surface area contributed by atoms with Crippen molar-refractivity contribution >= 4 is 17.5 Å². The number of nitrogens with one attached hydrogen (secondary N) is 1. The van der Waals surface area contributed by atoms with E-state index in [2.05, 4.69) is 17.2 Å². The Morgan fingerprint density at radius 3 is 2.38 bits per heavy atom. The van der Waals surface area contributed by atoms with Crippen LogP contribution in [0.15, 0.2) is 24.3 Å². The molecular formula is C19H25N3O2. The first-order valence-electron chi connectivity index (χ1n) is 8.27. The highest BCUT2D eigenvalue weighted by molar-refractivity contribution is 5.79. The molecule has 1 saturated heterocycles. The lowest BCUT2D eigenvalue weighted by Gasteiger charge is -2.30. The molecule has 1 aromatic carbocycles. The molecule has 5 heteroatoms. The van der Waals surface area contributed by atoms with Crippen molar-refractivity contribution in [3.05, 3.63) is 29.8 Å². The van der Waals surface area contributed by atoms with Gasteiger partial charge in [0.05, 0.1) is 6.54 Å². The van der Waals surface area contributed by atoms with Gasteiger partial charge in [0.2, 0.25) is 11.8 Å².